The zero-order valence-corrected chi connectivity index (χ0v) is 10.0. The van der Waals surface area contributed by atoms with E-state index < -0.39 is 0 Å². The van der Waals surface area contributed by atoms with Gasteiger partial charge >= 0.3 is 0 Å². The van der Waals surface area contributed by atoms with E-state index in [4.69, 9.17) is 23.2 Å². The molecule has 5 heteroatoms. The third kappa shape index (κ3) is 2.40. The van der Waals surface area contributed by atoms with E-state index in [1.54, 1.807) is 12.1 Å². The topological polar surface area (TPSA) is 49.9 Å². The highest BCUT2D eigenvalue weighted by Gasteiger charge is 2.14. The lowest BCUT2D eigenvalue weighted by Gasteiger charge is -2.01. The SMILES string of the molecule is O=Cc1cc(C(=O)c2ccc(Cl)cc2Cl)c[nH]1. The van der Waals surface area contributed by atoms with Crippen molar-refractivity contribution in [1.29, 1.82) is 0 Å². The summed E-state index contributed by atoms with van der Waals surface area (Å²) in [4.78, 5) is 25.2. The molecule has 1 aromatic heterocycles. The minimum atomic E-state index is -0.254. The predicted octanol–water partition coefficient (Wildman–Crippen LogP) is 3.37. The summed E-state index contributed by atoms with van der Waals surface area (Å²) >= 11 is 11.7. The lowest BCUT2D eigenvalue weighted by atomic mass is 10.1. The fourth-order valence-corrected chi connectivity index (χ4v) is 1.93. The van der Waals surface area contributed by atoms with Crippen molar-refractivity contribution in [3.8, 4) is 0 Å². The van der Waals surface area contributed by atoms with Crippen molar-refractivity contribution in [1.82, 2.24) is 4.98 Å². The molecule has 0 bridgehead atoms. The van der Waals surface area contributed by atoms with Crippen LogP contribution in [0.5, 0.6) is 0 Å². The summed E-state index contributed by atoms with van der Waals surface area (Å²) in [7, 11) is 0. The van der Waals surface area contributed by atoms with E-state index in [1.165, 1.54) is 18.3 Å². The van der Waals surface area contributed by atoms with Crippen molar-refractivity contribution in [2.75, 3.05) is 0 Å². The molecule has 1 N–H and O–H groups in total. The van der Waals surface area contributed by atoms with E-state index in [9.17, 15) is 9.59 Å². The van der Waals surface area contributed by atoms with Crippen LogP contribution in [0.2, 0.25) is 10.0 Å². The van der Waals surface area contributed by atoms with Gasteiger partial charge < -0.3 is 4.98 Å². The molecule has 0 aliphatic rings. The number of hydrogen-bond donors (Lipinski definition) is 1. The van der Waals surface area contributed by atoms with Gasteiger partial charge in [0, 0.05) is 22.3 Å². The van der Waals surface area contributed by atoms with Crippen LogP contribution in [-0.4, -0.2) is 17.1 Å². The fraction of sp³-hybridized carbons (Fsp3) is 0. The molecule has 0 atom stereocenters. The van der Waals surface area contributed by atoms with Crippen LogP contribution in [0.4, 0.5) is 0 Å². The van der Waals surface area contributed by atoms with Gasteiger partial charge in [-0.15, -0.1) is 0 Å². The first kappa shape index (κ1) is 11.9. The van der Waals surface area contributed by atoms with E-state index in [1.807, 2.05) is 0 Å². The Morgan fingerprint density at radius 1 is 1.24 bits per heavy atom. The number of aldehydes is 1. The third-order valence-electron chi connectivity index (χ3n) is 2.27. The Hall–Kier alpha value is -1.58. The summed E-state index contributed by atoms with van der Waals surface area (Å²) in [5.41, 5.74) is 1.09. The van der Waals surface area contributed by atoms with Gasteiger partial charge in [0.1, 0.15) is 0 Å². The zero-order chi connectivity index (χ0) is 12.4. The quantitative estimate of drug-likeness (QED) is 0.685. The van der Waals surface area contributed by atoms with Gasteiger partial charge in [-0.05, 0) is 24.3 Å². The van der Waals surface area contributed by atoms with Crippen molar-refractivity contribution in [2.24, 2.45) is 0 Å². The van der Waals surface area contributed by atoms with E-state index in [2.05, 4.69) is 4.98 Å². The van der Waals surface area contributed by atoms with Crippen molar-refractivity contribution in [3.05, 3.63) is 57.3 Å². The molecule has 0 aliphatic carbocycles. The van der Waals surface area contributed by atoms with Crippen molar-refractivity contribution >= 4 is 35.3 Å². The summed E-state index contributed by atoms with van der Waals surface area (Å²) in [6, 6.07) is 6.12. The number of benzene rings is 1. The number of hydrogen-bond acceptors (Lipinski definition) is 2. The highest BCUT2D eigenvalue weighted by Crippen LogP contribution is 2.23. The second-order valence-corrected chi connectivity index (χ2v) is 4.26. The lowest BCUT2D eigenvalue weighted by molar-refractivity contribution is 0.103. The average Bonchev–Trinajstić information content (AvgIpc) is 2.76. The summed E-state index contributed by atoms with van der Waals surface area (Å²) in [5.74, 6) is -0.254. The molecule has 17 heavy (non-hydrogen) atoms. The second-order valence-electron chi connectivity index (χ2n) is 3.41. The lowest BCUT2D eigenvalue weighted by Crippen LogP contribution is -2.00. The van der Waals surface area contributed by atoms with Gasteiger partial charge in [0.05, 0.1) is 10.7 Å². The maximum Gasteiger partial charge on any atom is 0.196 e. The van der Waals surface area contributed by atoms with Gasteiger partial charge in [0.25, 0.3) is 0 Å². The van der Waals surface area contributed by atoms with Gasteiger partial charge in [0.15, 0.2) is 12.1 Å². The Morgan fingerprint density at radius 2 is 2.00 bits per heavy atom. The monoisotopic (exact) mass is 267 g/mol. The first-order chi connectivity index (χ1) is 8.11. The van der Waals surface area contributed by atoms with Crippen LogP contribution in [-0.2, 0) is 0 Å². The molecule has 0 unspecified atom stereocenters. The molecule has 2 rings (SSSR count). The molecule has 0 saturated carbocycles. The number of nitrogens with one attached hydrogen (secondary N) is 1. The fourth-order valence-electron chi connectivity index (χ4n) is 1.44. The Balaban J connectivity index is 2.39. The number of rotatable bonds is 3. The molecule has 0 saturated heterocycles. The molecule has 3 nitrogen and oxygen atoms in total. The predicted molar refractivity (Wildman–Crippen MR) is 66.1 cm³/mol. The minimum absolute atomic E-state index is 0.254. The van der Waals surface area contributed by atoms with Crippen LogP contribution in [0.3, 0.4) is 0 Å². The maximum absolute atomic E-state index is 12.0. The number of carbonyl (C=O) groups is 2. The molecule has 1 heterocycles. The van der Waals surface area contributed by atoms with Crippen molar-refractivity contribution < 1.29 is 9.59 Å². The van der Waals surface area contributed by atoms with Gasteiger partial charge in [-0.2, -0.15) is 0 Å². The average molecular weight is 268 g/mol. The molecule has 0 fully saturated rings. The van der Waals surface area contributed by atoms with Crippen LogP contribution < -0.4 is 0 Å². The van der Waals surface area contributed by atoms with Crippen LogP contribution in [0, 0.1) is 0 Å². The van der Waals surface area contributed by atoms with E-state index in [-0.39, 0.29) is 10.8 Å². The maximum atomic E-state index is 12.0. The summed E-state index contributed by atoms with van der Waals surface area (Å²) in [6.07, 6.45) is 2.11. The number of aromatic nitrogens is 1. The highest BCUT2D eigenvalue weighted by molar-refractivity contribution is 6.37. The molecule has 0 spiro atoms. The Morgan fingerprint density at radius 3 is 2.59 bits per heavy atom. The van der Waals surface area contributed by atoms with E-state index in [0.717, 1.165) is 0 Å². The van der Waals surface area contributed by atoms with Crippen LogP contribution >= 0.6 is 23.2 Å². The molecule has 0 aliphatic heterocycles. The number of aromatic amines is 1. The summed E-state index contributed by atoms with van der Waals surface area (Å²) in [5, 5.41) is 0.755. The summed E-state index contributed by atoms with van der Waals surface area (Å²) in [6.45, 7) is 0. The summed E-state index contributed by atoms with van der Waals surface area (Å²) < 4.78 is 0. The molecular weight excluding hydrogens is 261 g/mol. The minimum Gasteiger partial charge on any atom is -0.358 e. The Kier molecular flexibility index (Phi) is 3.31. The number of carbonyl (C=O) groups excluding carboxylic acids is 2. The molecular formula is C12H7Cl2NO2. The van der Waals surface area contributed by atoms with Crippen molar-refractivity contribution in [3.63, 3.8) is 0 Å². The highest BCUT2D eigenvalue weighted by atomic mass is 35.5. The molecule has 1 aromatic carbocycles. The van der Waals surface area contributed by atoms with Crippen LogP contribution in [0.25, 0.3) is 0 Å². The standard InChI is InChI=1S/C12H7Cl2NO2/c13-8-1-2-10(11(14)4-8)12(17)7-3-9(6-16)15-5-7/h1-6,15H. The third-order valence-corrected chi connectivity index (χ3v) is 2.82. The second kappa shape index (κ2) is 4.73. The molecule has 2 aromatic rings. The van der Waals surface area contributed by atoms with Gasteiger partial charge in [-0.1, -0.05) is 23.2 Å². The molecule has 0 radical (unpaired) electrons. The van der Waals surface area contributed by atoms with Crippen LogP contribution in [0.15, 0.2) is 30.5 Å². The largest absolute Gasteiger partial charge is 0.358 e. The Labute approximate surface area is 107 Å². The number of halogens is 2. The van der Waals surface area contributed by atoms with Gasteiger partial charge in [0.2, 0.25) is 0 Å². The Bertz CT molecular complexity index is 590. The van der Waals surface area contributed by atoms with Gasteiger partial charge in [-0.3, -0.25) is 9.59 Å². The van der Waals surface area contributed by atoms with Crippen molar-refractivity contribution in [2.45, 2.75) is 0 Å². The molecule has 0 amide bonds. The van der Waals surface area contributed by atoms with E-state index >= 15 is 0 Å². The molecule has 86 valence electrons. The van der Waals surface area contributed by atoms with E-state index in [0.29, 0.717) is 28.1 Å². The number of H-pyrrole nitrogens is 1. The first-order valence-corrected chi connectivity index (χ1v) is 5.51. The normalized spacial score (nSPS) is 10.2. The van der Waals surface area contributed by atoms with Crippen LogP contribution in [0.1, 0.15) is 26.4 Å². The zero-order valence-electron chi connectivity index (χ0n) is 8.54. The smallest absolute Gasteiger partial charge is 0.196 e. The first-order valence-electron chi connectivity index (χ1n) is 4.75. The number of ketones is 1. The van der Waals surface area contributed by atoms with Gasteiger partial charge in [-0.25, -0.2) is 0 Å².